The van der Waals surface area contributed by atoms with Crippen LogP contribution < -0.4 is 5.32 Å². The average Bonchev–Trinajstić information content (AvgIpc) is 2.54. The fourth-order valence-corrected chi connectivity index (χ4v) is 3.28. The lowest BCUT2D eigenvalue weighted by Crippen LogP contribution is -2.11. The van der Waals surface area contributed by atoms with Crippen molar-refractivity contribution in [2.75, 3.05) is 20.7 Å². The zero-order valence-electron chi connectivity index (χ0n) is 13.6. The summed E-state index contributed by atoms with van der Waals surface area (Å²) in [6.07, 6.45) is 2.06. The SMILES string of the molecule is CNCCC[C@H](c1ccc(F)cc1)c1ccc(Br)cc1COC. The van der Waals surface area contributed by atoms with Gasteiger partial charge in [-0.15, -0.1) is 0 Å². The van der Waals surface area contributed by atoms with Crippen molar-refractivity contribution < 1.29 is 9.13 Å². The van der Waals surface area contributed by atoms with E-state index >= 15 is 0 Å². The molecule has 0 spiro atoms. The van der Waals surface area contributed by atoms with Crippen LogP contribution in [0.15, 0.2) is 46.9 Å². The highest BCUT2D eigenvalue weighted by molar-refractivity contribution is 9.10. The summed E-state index contributed by atoms with van der Waals surface area (Å²) in [6.45, 7) is 1.53. The summed E-state index contributed by atoms with van der Waals surface area (Å²) in [5.74, 6) is 0.0397. The minimum atomic E-state index is -0.198. The van der Waals surface area contributed by atoms with Crippen LogP contribution in [0.3, 0.4) is 0 Å². The van der Waals surface area contributed by atoms with Gasteiger partial charge in [0, 0.05) is 17.5 Å². The molecule has 23 heavy (non-hydrogen) atoms. The number of halogens is 2. The maximum absolute atomic E-state index is 13.3. The van der Waals surface area contributed by atoms with Crippen molar-refractivity contribution in [2.24, 2.45) is 0 Å². The Kier molecular flexibility index (Phi) is 7.21. The Morgan fingerprint density at radius 1 is 1.17 bits per heavy atom. The van der Waals surface area contributed by atoms with Crippen LogP contribution in [0.4, 0.5) is 4.39 Å². The number of rotatable bonds is 8. The Hall–Kier alpha value is -1.23. The summed E-state index contributed by atoms with van der Waals surface area (Å²) in [5, 5.41) is 3.19. The van der Waals surface area contributed by atoms with E-state index in [0.29, 0.717) is 6.61 Å². The number of benzene rings is 2. The third kappa shape index (κ3) is 5.13. The summed E-state index contributed by atoms with van der Waals surface area (Å²) < 4.78 is 19.7. The van der Waals surface area contributed by atoms with Gasteiger partial charge in [0.25, 0.3) is 0 Å². The zero-order valence-corrected chi connectivity index (χ0v) is 15.2. The first-order valence-electron chi connectivity index (χ1n) is 7.83. The van der Waals surface area contributed by atoms with Gasteiger partial charge in [-0.25, -0.2) is 4.39 Å². The van der Waals surface area contributed by atoms with Gasteiger partial charge in [-0.05, 0) is 67.4 Å². The summed E-state index contributed by atoms with van der Waals surface area (Å²) in [7, 11) is 3.67. The van der Waals surface area contributed by atoms with Crippen molar-refractivity contribution in [3.63, 3.8) is 0 Å². The minimum absolute atomic E-state index is 0.198. The van der Waals surface area contributed by atoms with Crippen LogP contribution >= 0.6 is 15.9 Å². The van der Waals surface area contributed by atoms with Gasteiger partial charge in [0.1, 0.15) is 5.82 Å². The third-order valence-corrected chi connectivity index (χ3v) is 4.47. The van der Waals surface area contributed by atoms with Crippen LogP contribution in [0.5, 0.6) is 0 Å². The molecule has 0 aliphatic heterocycles. The molecule has 0 unspecified atom stereocenters. The molecule has 2 aromatic rings. The molecule has 0 radical (unpaired) electrons. The maximum atomic E-state index is 13.3. The molecule has 0 bridgehead atoms. The molecule has 4 heteroatoms. The molecule has 124 valence electrons. The van der Waals surface area contributed by atoms with E-state index in [-0.39, 0.29) is 11.7 Å². The van der Waals surface area contributed by atoms with E-state index in [1.54, 1.807) is 7.11 Å². The van der Waals surface area contributed by atoms with E-state index in [1.807, 2.05) is 19.2 Å². The fourth-order valence-electron chi connectivity index (χ4n) is 2.87. The van der Waals surface area contributed by atoms with E-state index in [2.05, 4.69) is 39.4 Å². The van der Waals surface area contributed by atoms with E-state index in [1.165, 1.54) is 23.3 Å². The Morgan fingerprint density at radius 3 is 2.57 bits per heavy atom. The number of hydrogen-bond acceptors (Lipinski definition) is 2. The molecular formula is C19H23BrFNO. The quantitative estimate of drug-likeness (QED) is 0.660. The van der Waals surface area contributed by atoms with Gasteiger partial charge < -0.3 is 10.1 Å². The summed E-state index contributed by atoms with van der Waals surface area (Å²) in [5.41, 5.74) is 3.56. The van der Waals surface area contributed by atoms with Crippen LogP contribution in [0.1, 0.15) is 35.4 Å². The van der Waals surface area contributed by atoms with E-state index in [4.69, 9.17) is 4.74 Å². The van der Waals surface area contributed by atoms with Gasteiger partial charge in [-0.1, -0.05) is 34.1 Å². The number of hydrogen-bond donors (Lipinski definition) is 1. The molecule has 2 nitrogen and oxygen atoms in total. The molecular weight excluding hydrogens is 357 g/mol. The molecule has 2 aromatic carbocycles. The van der Waals surface area contributed by atoms with Crippen molar-refractivity contribution in [2.45, 2.75) is 25.4 Å². The largest absolute Gasteiger partial charge is 0.380 e. The second kappa shape index (κ2) is 9.16. The van der Waals surface area contributed by atoms with Crippen molar-refractivity contribution >= 4 is 15.9 Å². The van der Waals surface area contributed by atoms with Crippen LogP contribution in [-0.4, -0.2) is 20.7 Å². The smallest absolute Gasteiger partial charge is 0.123 e. The lowest BCUT2D eigenvalue weighted by molar-refractivity contribution is 0.184. The molecule has 0 saturated heterocycles. The van der Waals surface area contributed by atoms with Crippen molar-refractivity contribution in [3.8, 4) is 0 Å². The molecule has 1 N–H and O–H groups in total. The Bertz CT molecular complexity index is 615. The van der Waals surface area contributed by atoms with Gasteiger partial charge >= 0.3 is 0 Å². The van der Waals surface area contributed by atoms with E-state index in [9.17, 15) is 4.39 Å². The lowest BCUT2D eigenvalue weighted by atomic mass is 9.85. The molecule has 0 aromatic heterocycles. The van der Waals surface area contributed by atoms with E-state index < -0.39 is 0 Å². The monoisotopic (exact) mass is 379 g/mol. The highest BCUT2D eigenvalue weighted by atomic mass is 79.9. The fraction of sp³-hybridized carbons (Fsp3) is 0.368. The van der Waals surface area contributed by atoms with Crippen molar-refractivity contribution in [3.05, 3.63) is 69.4 Å². The van der Waals surface area contributed by atoms with Crippen LogP contribution in [0.2, 0.25) is 0 Å². The van der Waals surface area contributed by atoms with Crippen molar-refractivity contribution in [1.82, 2.24) is 5.32 Å². The second-order valence-corrected chi connectivity index (χ2v) is 6.54. The van der Waals surface area contributed by atoms with Crippen LogP contribution in [0.25, 0.3) is 0 Å². The molecule has 0 saturated carbocycles. The Morgan fingerprint density at radius 2 is 1.91 bits per heavy atom. The minimum Gasteiger partial charge on any atom is -0.380 e. The van der Waals surface area contributed by atoms with Crippen molar-refractivity contribution in [1.29, 1.82) is 0 Å². The Labute approximate surface area is 146 Å². The number of nitrogens with one attached hydrogen (secondary N) is 1. The Balaban J connectivity index is 2.38. The highest BCUT2D eigenvalue weighted by Gasteiger charge is 2.18. The zero-order chi connectivity index (χ0) is 16.7. The van der Waals surface area contributed by atoms with Gasteiger partial charge in [-0.3, -0.25) is 0 Å². The predicted octanol–water partition coefficient (Wildman–Crippen LogP) is 4.87. The molecule has 0 amide bonds. The first-order chi connectivity index (χ1) is 11.2. The molecule has 0 aliphatic carbocycles. The third-order valence-electron chi connectivity index (χ3n) is 3.97. The van der Waals surface area contributed by atoms with Gasteiger partial charge in [0.15, 0.2) is 0 Å². The summed E-state index contributed by atoms with van der Waals surface area (Å²) >= 11 is 3.53. The van der Waals surface area contributed by atoms with E-state index in [0.717, 1.165) is 29.4 Å². The van der Waals surface area contributed by atoms with Gasteiger partial charge in [-0.2, -0.15) is 0 Å². The highest BCUT2D eigenvalue weighted by Crippen LogP contribution is 2.33. The molecule has 0 fully saturated rings. The average molecular weight is 380 g/mol. The molecule has 0 heterocycles. The van der Waals surface area contributed by atoms with Crippen LogP contribution in [-0.2, 0) is 11.3 Å². The predicted molar refractivity (Wildman–Crippen MR) is 96.3 cm³/mol. The molecule has 0 aliphatic rings. The standard InChI is InChI=1S/C19H23BrFNO/c1-22-11-3-4-18(14-5-8-17(21)9-6-14)19-10-7-16(20)12-15(19)13-23-2/h5-10,12,18,22H,3-4,11,13H2,1-2H3/t18-/m1/s1. The van der Waals surface area contributed by atoms with Gasteiger partial charge in [0.05, 0.1) is 6.61 Å². The second-order valence-electron chi connectivity index (χ2n) is 5.63. The van der Waals surface area contributed by atoms with Crippen LogP contribution in [0, 0.1) is 5.82 Å². The first kappa shape index (κ1) is 18.1. The first-order valence-corrected chi connectivity index (χ1v) is 8.62. The normalized spacial score (nSPS) is 12.3. The maximum Gasteiger partial charge on any atom is 0.123 e. The van der Waals surface area contributed by atoms with Gasteiger partial charge in [0.2, 0.25) is 0 Å². The molecule has 2 rings (SSSR count). The summed E-state index contributed by atoms with van der Waals surface area (Å²) in [4.78, 5) is 0. The summed E-state index contributed by atoms with van der Waals surface area (Å²) in [6, 6.07) is 13.2. The lowest BCUT2D eigenvalue weighted by Gasteiger charge is -2.21. The number of methoxy groups -OCH3 is 1. The number of ether oxygens (including phenoxy) is 1. The topological polar surface area (TPSA) is 21.3 Å². The molecule has 1 atom stereocenters.